The maximum absolute atomic E-state index is 13.9. The largest absolute Gasteiger partial charge is 0.491 e. The average Bonchev–Trinajstić information content (AvgIpc) is 3.87. The van der Waals surface area contributed by atoms with Crippen LogP contribution in [0.15, 0.2) is 73.1 Å². The van der Waals surface area contributed by atoms with E-state index >= 15 is 0 Å². The minimum atomic E-state index is -0.691. The molecule has 0 atom stereocenters. The van der Waals surface area contributed by atoms with Crippen molar-refractivity contribution in [2.45, 2.75) is 31.9 Å². The van der Waals surface area contributed by atoms with Crippen LogP contribution < -0.4 is 9.64 Å². The number of benzene rings is 2. The summed E-state index contributed by atoms with van der Waals surface area (Å²) < 4.78 is 17.8. The molecular weight excluding hydrogens is 598 g/mol. The first-order valence-corrected chi connectivity index (χ1v) is 17.4. The van der Waals surface area contributed by atoms with Crippen molar-refractivity contribution < 1.29 is 18.8 Å². The Labute approximate surface area is 269 Å². The molecule has 5 heterocycles. The van der Waals surface area contributed by atoms with Crippen LogP contribution in [0.3, 0.4) is 0 Å². The van der Waals surface area contributed by atoms with Gasteiger partial charge >= 0.3 is 0 Å². The molecule has 0 radical (unpaired) electrons. The number of anilines is 1. The molecule has 3 aromatic heterocycles. The van der Waals surface area contributed by atoms with Gasteiger partial charge in [-0.3, -0.25) is 18.9 Å². The second-order valence-electron chi connectivity index (χ2n) is 12.3. The van der Waals surface area contributed by atoms with Crippen LogP contribution in [0.5, 0.6) is 5.75 Å². The van der Waals surface area contributed by atoms with Gasteiger partial charge in [0.25, 0.3) is 5.91 Å². The van der Waals surface area contributed by atoms with Crippen LogP contribution in [0.1, 0.15) is 45.8 Å². The van der Waals surface area contributed by atoms with Gasteiger partial charge in [0.2, 0.25) is 0 Å². The number of H-pyrrole nitrogens is 1. The number of carbonyl (C=O) groups is 1. The van der Waals surface area contributed by atoms with E-state index in [4.69, 9.17) is 9.72 Å². The third-order valence-electron chi connectivity index (χ3n) is 9.30. The highest BCUT2D eigenvalue weighted by atomic mass is 32.2. The molecule has 10 heteroatoms. The molecule has 1 saturated heterocycles. The van der Waals surface area contributed by atoms with Crippen LogP contribution in [-0.4, -0.2) is 72.8 Å². The zero-order valence-electron chi connectivity index (χ0n) is 25.4. The number of aliphatic hydroxyl groups is 1. The normalized spacial score (nSPS) is 17.6. The molecule has 1 saturated carbocycles. The predicted molar refractivity (Wildman–Crippen MR) is 179 cm³/mol. The van der Waals surface area contributed by atoms with Crippen molar-refractivity contribution in [2.24, 2.45) is 0 Å². The summed E-state index contributed by atoms with van der Waals surface area (Å²) in [6.45, 7) is 2.99. The Morgan fingerprint density at radius 1 is 0.957 bits per heavy atom. The number of hydrogen-bond acceptors (Lipinski definition) is 7. The molecule has 234 valence electrons. The molecule has 0 bridgehead atoms. The summed E-state index contributed by atoms with van der Waals surface area (Å²) in [4.78, 5) is 30.7. The monoisotopic (exact) mass is 633 g/mol. The number of pyridine rings is 2. The molecule has 46 heavy (non-hydrogen) atoms. The molecule has 3 aliphatic rings. The Morgan fingerprint density at radius 3 is 2.61 bits per heavy atom. The first kappa shape index (κ1) is 29.1. The molecule has 8 rings (SSSR count). The second kappa shape index (κ2) is 12.1. The van der Waals surface area contributed by atoms with Gasteiger partial charge in [0.15, 0.2) is 0 Å². The van der Waals surface area contributed by atoms with Crippen molar-refractivity contribution in [2.75, 3.05) is 42.6 Å². The van der Waals surface area contributed by atoms with E-state index in [-0.39, 0.29) is 12.5 Å². The van der Waals surface area contributed by atoms with Crippen LogP contribution in [0.4, 0.5) is 5.69 Å². The zero-order chi connectivity index (χ0) is 31.2. The third-order valence-corrected chi connectivity index (χ3v) is 10.6. The fourth-order valence-electron chi connectivity index (χ4n) is 6.64. The molecule has 5 aromatic rings. The summed E-state index contributed by atoms with van der Waals surface area (Å²) >= 11 is 0. The van der Waals surface area contributed by atoms with E-state index in [2.05, 4.69) is 20.9 Å². The van der Waals surface area contributed by atoms with Gasteiger partial charge in [0.05, 0.1) is 35.8 Å². The van der Waals surface area contributed by atoms with Gasteiger partial charge in [-0.1, -0.05) is 24.3 Å². The van der Waals surface area contributed by atoms with Gasteiger partial charge in [-0.05, 0) is 77.4 Å². The second-order valence-corrected chi connectivity index (χ2v) is 14.0. The van der Waals surface area contributed by atoms with Crippen molar-refractivity contribution in [1.82, 2.24) is 19.9 Å². The molecule has 1 amide bonds. The van der Waals surface area contributed by atoms with Crippen LogP contribution in [0.2, 0.25) is 0 Å². The summed E-state index contributed by atoms with van der Waals surface area (Å²) in [6, 6.07) is 19.9. The third kappa shape index (κ3) is 5.50. The summed E-state index contributed by atoms with van der Waals surface area (Å²) in [5.41, 5.74) is 8.36. The van der Waals surface area contributed by atoms with Crippen LogP contribution in [-0.2, 0) is 24.0 Å². The Morgan fingerprint density at radius 2 is 1.83 bits per heavy atom. The Bertz CT molecular complexity index is 1960. The van der Waals surface area contributed by atoms with Gasteiger partial charge in [0, 0.05) is 65.3 Å². The minimum Gasteiger partial charge on any atom is -0.491 e. The number of nitrogens with one attached hydrogen (secondary N) is 1. The lowest BCUT2D eigenvalue weighted by atomic mass is 9.96. The Hall–Kier alpha value is -4.38. The number of amides is 1. The topological polar surface area (TPSA) is 112 Å². The molecular formula is C36H35N5O4S. The lowest BCUT2D eigenvalue weighted by Gasteiger charge is -2.25. The van der Waals surface area contributed by atoms with E-state index in [1.807, 2.05) is 60.8 Å². The van der Waals surface area contributed by atoms with Crippen LogP contribution in [0, 0.1) is 0 Å². The van der Waals surface area contributed by atoms with Crippen molar-refractivity contribution in [3.8, 4) is 28.3 Å². The first-order chi connectivity index (χ1) is 22.6. The molecule has 2 aromatic carbocycles. The summed E-state index contributed by atoms with van der Waals surface area (Å²) in [6.07, 6.45) is 6.03. The predicted octanol–water partition coefficient (Wildman–Crippen LogP) is 5.27. The number of hydrogen-bond donors (Lipinski definition) is 2. The van der Waals surface area contributed by atoms with E-state index in [9.17, 15) is 14.1 Å². The summed E-state index contributed by atoms with van der Waals surface area (Å²) in [5.74, 6) is 2.54. The SMILES string of the molecule is O=C1c2ccc(C3CC3)cc2OCCN1c1cccc(-c2ccnc3[nH]c(-c4ccc(CN5CCS(=O)CC5)cn4)cc23)c1CO. The van der Waals surface area contributed by atoms with Crippen LogP contribution >= 0.6 is 0 Å². The molecule has 2 aliphatic heterocycles. The molecule has 1 aliphatic carbocycles. The van der Waals surface area contributed by atoms with E-state index < -0.39 is 10.8 Å². The van der Waals surface area contributed by atoms with E-state index in [0.29, 0.717) is 47.3 Å². The van der Waals surface area contributed by atoms with Gasteiger partial charge in [-0.25, -0.2) is 4.98 Å². The van der Waals surface area contributed by atoms with Crippen molar-refractivity contribution >= 4 is 33.4 Å². The lowest BCUT2D eigenvalue weighted by molar-refractivity contribution is 0.0989. The lowest BCUT2D eigenvalue weighted by Crippen LogP contribution is -2.37. The minimum absolute atomic E-state index is 0.129. The highest BCUT2D eigenvalue weighted by Crippen LogP contribution is 2.43. The molecule has 2 fully saturated rings. The fraction of sp³-hybridized carbons (Fsp3) is 0.306. The number of rotatable bonds is 7. The maximum atomic E-state index is 13.9. The highest BCUT2D eigenvalue weighted by molar-refractivity contribution is 7.85. The van der Waals surface area contributed by atoms with Gasteiger partial charge < -0.3 is 19.7 Å². The van der Waals surface area contributed by atoms with Gasteiger partial charge in [0.1, 0.15) is 18.0 Å². The van der Waals surface area contributed by atoms with E-state index in [1.54, 1.807) is 11.1 Å². The molecule has 0 unspecified atom stereocenters. The zero-order valence-corrected chi connectivity index (χ0v) is 26.3. The average molecular weight is 634 g/mol. The number of ether oxygens (including phenoxy) is 1. The Balaban J connectivity index is 1.10. The standard InChI is InChI=1S/C36H35N5O4S/c42-22-30-26(2-1-3-33(30)41-12-15-45-34-18-25(24-5-6-24)7-8-28(34)36(41)43)27-10-11-37-35-29(27)19-32(39-35)31-9-4-23(20-38-31)21-40-13-16-46(44)17-14-40/h1-4,7-11,18-20,24,42H,5-6,12-17,21-22H2,(H,37,39). The number of aromatic nitrogens is 3. The van der Waals surface area contributed by atoms with Crippen molar-refractivity contribution in [1.29, 1.82) is 0 Å². The molecule has 2 N–H and O–H groups in total. The van der Waals surface area contributed by atoms with Crippen molar-refractivity contribution in [3.05, 3.63) is 95.3 Å². The highest BCUT2D eigenvalue weighted by Gasteiger charge is 2.30. The number of nitrogens with zero attached hydrogens (tertiary/aromatic N) is 4. The Kier molecular flexibility index (Phi) is 7.64. The summed E-state index contributed by atoms with van der Waals surface area (Å²) in [7, 11) is -0.691. The number of aromatic amines is 1. The number of carbonyl (C=O) groups excluding carboxylic acids is 1. The van der Waals surface area contributed by atoms with Crippen LogP contribution in [0.25, 0.3) is 33.5 Å². The summed E-state index contributed by atoms with van der Waals surface area (Å²) in [5, 5.41) is 11.6. The van der Waals surface area contributed by atoms with E-state index in [1.165, 1.54) is 18.4 Å². The number of aliphatic hydroxyl groups excluding tert-OH is 1. The maximum Gasteiger partial charge on any atom is 0.262 e. The van der Waals surface area contributed by atoms with Gasteiger partial charge in [-0.15, -0.1) is 0 Å². The van der Waals surface area contributed by atoms with E-state index in [0.717, 1.165) is 64.6 Å². The van der Waals surface area contributed by atoms with Crippen molar-refractivity contribution in [3.63, 3.8) is 0 Å². The molecule has 9 nitrogen and oxygen atoms in total. The number of fused-ring (bicyclic) bond motifs is 2. The quantitative estimate of drug-likeness (QED) is 0.251. The molecule has 0 spiro atoms. The van der Waals surface area contributed by atoms with Gasteiger partial charge in [-0.2, -0.15) is 0 Å². The smallest absolute Gasteiger partial charge is 0.262 e. The first-order valence-electron chi connectivity index (χ1n) is 15.9. The fourth-order valence-corrected chi connectivity index (χ4v) is 7.77.